The van der Waals surface area contributed by atoms with E-state index in [0.29, 0.717) is 6.04 Å². The topological polar surface area (TPSA) is 29.3 Å². The highest BCUT2D eigenvalue weighted by Crippen LogP contribution is 2.36. The molecule has 1 aliphatic carbocycles. The molecule has 1 aliphatic rings. The highest BCUT2D eigenvalue weighted by molar-refractivity contribution is 7.09. The van der Waals surface area contributed by atoms with E-state index in [1.165, 1.54) is 22.4 Å². The molecule has 0 spiro atoms. The summed E-state index contributed by atoms with van der Waals surface area (Å²) in [5, 5.41) is 2.15. The van der Waals surface area contributed by atoms with Crippen molar-refractivity contribution in [3.05, 3.63) is 51.7 Å². The molecule has 1 heterocycles. The zero-order valence-corrected chi connectivity index (χ0v) is 11.4. The van der Waals surface area contributed by atoms with Crippen molar-refractivity contribution in [2.75, 3.05) is 12.8 Å². The number of rotatable bonds is 3. The van der Waals surface area contributed by atoms with Crippen molar-refractivity contribution < 1.29 is 0 Å². The molecule has 2 N–H and O–H groups in total. The SMILES string of the molecule is CN(Cc1cccs1)C1CCc2cc(N)ccc21. The van der Waals surface area contributed by atoms with Gasteiger partial charge in [-0.25, -0.2) is 0 Å². The van der Waals surface area contributed by atoms with E-state index in [1.807, 2.05) is 17.4 Å². The van der Waals surface area contributed by atoms with E-state index >= 15 is 0 Å². The maximum atomic E-state index is 5.85. The van der Waals surface area contributed by atoms with Crippen molar-refractivity contribution in [2.45, 2.75) is 25.4 Å². The van der Waals surface area contributed by atoms with Gasteiger partial charge in [-0.2, -0.15) is 0 Å². The van der Waals surface area contributed by atoms with Crippen LogP contribution in [0.5, 0.6) is 0 Å². The monoisotopic (exact) mass is 258 g/mol. The molecule has 0 radical (unpaired) electrons. The molecule has 3 heteroatoms. The van der Waals surface area contributed by atoms with Gasteiger partial charge in [-0.05, 0) is 54.6 Å². The Kier molecular flexibility index (Phi) is 3.10. The van der Waals surface area contributed by atoms with Gasteiger partial charge in [0.05, 0.1) is 0 Å². The molecule has 0 bridgehead atoms. The molecule has 0 fully saturated rings. The summed E-state index contributed by atoms with van der Waals surface area (Å²) >= 11 is 1.83. The van der Waals surface area contributed by atoms with E-state index in [2.05, 4.69) is 41.6 Å². The average molecular weight is 258 g/mol. The van der Waals surface area contributed by atoms with Crippen molar-refractivity contribution in [2.24, 2.45) is 0 Å². The lowest BCUT2D eigenvalue weighted by Crippen LogP contribution is -2.21. The van der Waals surface area contributed by atoms with Crippen molar-refractivity contribution >= 4 is 17.0 Å². The molecule has 1 atom stereocenters. The number of nitrogen functional groups attached to an aromatic ring is 1. The Morgan fingerprint density at radius 2 is 2.28 bits per heavy atom. The molecule has 2 nitrogen and oxygen atoms in total. The molecule has 94 valence electrons. The van der Waals surface area contributed by atoms with Gasteiger partial charge in [-0.1, -0.05) is 12.1 Å². The minimum Gasteiger partial charge on any atom is -0.399 e. The molecule has 1 aromatic carbocycles. The molecule has 18 heavy (non-hydrogen) atoms. The van der Waals surface area contributed by atoms with Crippen LogP contribution in [0.4, 0.5) is 5.69 Å². The van der Waals surface area contributed by atoms with Crippen molar-refractivity contribution in [1.82, 2.24) is 4.90 Å². The first-order chi connectivity index (χ1) is 8.74. The summed E-state index contributed by atoms with van der Waals surface area (Å²) in [6.45, 7) is 1.03. The third kappa shape index (κ3) is 2.16. The van der Waals surface area contributed by atoms with Gasteiger partial charge < -0.3 is 5.73 Å². The fraction of sp³-hybridized carbons (Fsp3) is 0.333. The second kappa shape index (κ2) is 4.75. The third-order valence-electron chi connectivity index (χ3n) is 3.73. The Labute approximate surface area is 112 Å². The van der Waals surface area contributed by atoms with E-state index in [-0.39, 0.29) is 0 Å². The predicted molar refractivity (Wildman–Crippen MR) is 77.7 cm³/mol. The molecule has 2 aromatic rings. The minimum atomic E-state index is 0.544. The maximum Gasteiger partial charge on any atom is 0.0354 e. The second-order valence-electron chi connectivity index (χ2n) is 5.01. The van der Waals surface area contributed by atoms with Crippen LogP contribution in [0.2, 0.25) is 0 Å². The van der Waals surface area contributed by atoms with Crippen LogP contribution in [-0.2, 0) is 13.0 Å². The summed E-state index contributed by atoms with van der Waals surface area (Å²) in [5.41, 5.74) is 9.62. The normalized spacial score (nSPS) is 18.2. The van der Waals surface area contributed by atoms with E-state index in [4.69, 9.17) is 5.73 Å². The fourth-order valence-corrected chi connectivity index (χ4v) is 3.60. The largest absolute Gasteiger partial charge is 0.399 e. The Morgan fingerprint density at radius 3 is 3.06 bits per heavy atom. The second-order valence-corrected chi connectivity index (χ2v) is 6.04. The fourth-order valence-electron chi connectivity index (χ4n) is 2.83. The van der Waals surface area contributed by atoms with Gasteiger partial charge in [-0.3, -0.25) is 4.90 Å². The summed E-state index contributed by atoms with van der Waals surface area (Å²) < 4.78 is 0. The van der Waals surface area contributed by atoms with E-state index in [0.717, 1.165) is 18.7 Å². The van der Waals surface area contributed by atoms with Gasteiger partial charge >= 0.3 is 0 Å². The molecular weight excluding hydrogens is 240 g/mol. The molecule has 0 aliphatic heterocycles. The van der Waals surface area contributed by atoms with Crippen LogP contribution in [-0.4, -0.2) is 11.9 Å². The number of benzene rings is 1. The van der Waals surface area contributed by atoms with Crippen LogP contribution >= 0.6 is 11.3 Å². The van der Waals surface area contributed by atoms with Crippen LogP contribution < -0.4 is 5.73 Å². The molecule has 0 amide bonds. The smallest absolute Gasteiger partial charge is 0.0354 e. The lowest BCUT2D eigenvalue weighted by atomic mass is 10.1. The highest BCUT2D eigenvalue weighted by Gasteiger charge is 2.25. The minimum absolute atomic E-state index is 0.544. The van der Waals surface area contributed by atoms with Gasteiger partial charge in [-0.15, -0.1) is 11.3 Å². The third-order valence-corrected chi connectivity index (χ3v) is 4.59. The van der Waals surface area contributed by atoms with Crippen molar-refractivity contribution in [3.8, 4) is 0 Å². The van der Waals surface area contributed by atoms with Gasteiger partial charge in [0.25, 0.3) is 0 Å². The van der Waals surface area contributed by atoms with Gasteiger partial charge in [0, 0.05) is 23.2 Å². The number of fused-ring (bicyclic) bond motifs is 1. The van der Waals surface area contributed by atoms with Crippen molar-refractivity contribution in [3.63, 3.8) is 0 Å². The Morgan fingerprint density at radius 1 is 1.39 bits per heavy atom. The summed E-state index contributed by atoms with van der Waals surface area (Å²) in [4.78, 5) is 3.88. The summed E-state index contributed by atoms with van der Waals surface area (Å²) in [7, 11) is 2.22. The number of thiophene rings is 1. The van der Waals surface area contributed by atoms with Crippen LogP contribution in [0, 0.1) is 0 Å². The lowest BCUT2D eigenvalue weighted by Gasteiger charge is -2.24. The quantitative estimate of drug-likeness (QED) is 0.854. The molecule has 0 saturated carbocycles. The molecule has 1 aromatic heterocycles. The van der Waals surface area contributed by atoms with Crippen LogP contribution in [0.25, 0.3) is 0 Å². The maximum absolute atomic E-state index is 5.85. The number of aryl methyl sites for hydroxylation is 1. The van der Waals surface area contributed by atoms with Crippen molar-refractivity contribution in [1.29, 1.82) is 0 Å². The van der Waals surface area contributed by atoms with Crippen LogP contribution in [0.3, 0.4) is 0 Å². The zero-order valence-electron chi connectivity index (χ0n) is 10.6. The lowest BCUT2D eigenvalue weighted by molar-refractivity contribution is 0.238. The Bertz CT molecular complexity index is 533. The van der Waals surface area contributed by atoms with Crippen LogP contribution in [0.15, 0.2) is 35.7 Å². The predicted octanol–water partition coefficient (Wildman–Crippen LogP) is 3.45. The van der Waals surface area contributed by atoms with E-state index in [9.17, 15) is 0 Å². The Hall–Kier alpha value is -1.32. The summed E-state index contributed by atoms with van der Waals surface area (Å²) in [5.74, 6) is 0. The molecular formula is C15H18N2S. The standard InChI is InChI=1S/C15H18N2S/c1-17(10-13-3-2-8-18-13)15-7-4-11-9-12(16)5-6-14(11)15/h2-3,5-6,8-9,15H,4,7,10,16H2,1H3. The summed E-state index contributed by atoms with van der Waals surface area (Å²) in [6, 6.07) is 11.2. The molecule has 0 saturated heterocycles. The summed E-state index contributed by atoms with van der Waals surface area (Å²) in [6.07, 6.45) is 2.36. The zero-order chi connectivity index (χ0) is 12.5. The molecule has 3 rings (SSSR count). The van der Waals surface area contributed by atoms with E-state index in [1.54, 1.807) is 0 Å². The van der Waals surface area contributed by atoms with E-state index < -0.39 is 0 Å². The van der Waals surface area contributed by atoms with Gasteiger partial charge in [0.1, 0.15) is 0 Å². The first-order valence-corrected chi connectivity index (χ1v) is 7.23. The highest BCUT2D eigenvalue weighted by atomic mass is 32.1. The van der Waals surface area contributed by atoms with Gasteiger partial charge in [0.15, 0.2) is 0 Å². The number of nitrogens with zero attached hydrogens (tertiary/aromatic N) is 1. The Balaban J connectivity index is 1.79. The number of hydrogen-bond donors (Lipinski definition) is 1. The van der Waals surface area contributed by atoms with Crippen LogP contribution in [0.1, 0.15) is 28.5 Å². The van der Waals surface area contributed by atoms with Gasteiger partial charge in [0.2, 0.25) is 0 Å². The first-order valence-electron chi connectivity index (χ1n) is 6.35. The first kappa shape index (κ1) is 11.8. The number of hydrogen-bond acceptors (Lipinski definition) is 3. The number of nitrogens with two attached hydrogens (primary N) is 1. The number of anilines is 1. The molecule has 1 unspecified atom stereocenters. The average Bonchev–Trinajstić information content (AvgIpc) is 2.97.